The lowest BCUT2D eigenvalue weighted by molar-refractivity contribution is 0.0993. The molecule has 0 unspecified atom stereocenters. The first-order chi connectivity index (χ1) is 13.6. The number of aryl methyl sites for hydroxylation is 2. The Labute approximate surface area is 162 Å². The number of benzene rings is 2. The lowest BCUT2D eigenvalue weighted by atomic mass is 9.99. The molecule has 0 spiro atoms. The van der Waals surface area contributed by atoms with Gasteiger partial charge in [0.05, 0.1) is 17.1 Å². The molecule has 4 rings (SSSR count). The van der Waals surface area contributed by atoms with Crippen LogP contribution in [0.25, 0.3) is 16.5 Å². The number of hydrogen-bond donors (Lipinski definition) is 0. The minimum absolute atomic E-state index is 0.0502. The molecule has 0 aliphatic carbocycles. The lowest BCUT2D eigenvalue weighted by Crippen LogP contribution is -2.23. The molecule has 2 heterocycles. The summed E-state index contributed by atoms with van der Waals surface area (Å²) in [6.07, 6.45) is 4.16. The van der Waals surface area contributed by atoms with E-state index in [-0.39, 0.29) is 17.8 Å². The van der Waals surface area contributed by atoms with Crippen LogP contribution in [0, 0.1) is 0 Å². The van der Waals surface area contributed by atoms with E-state index >= 15 is 0 Å². The van der Waals surface area contributed by atoms with Crippen LogP contribution in [0.1, 0.15) is 28.5 Å². The number of Topliss-reactive ketones (excluding diaryl/α,β-unsaturated/α-hetero) is 1. The lowest BCUT2D eigenvalue weighted by Gasteiger charge is -2.15. The van der Waals surface area contributed by atoms with E-state index in [0.717, 1.165) is 28.8 Å². The Morgan fingerprint density at radius 3 is 2.54 bits per heavy atom. The standard InChI is InChI=1S/C23H21N3O2/c1-3-19-12-16-8-7-9-17(13-21(27)18-14-24-25(2)15-18)22(16)23(28)26(19)20-10-5-4-6-11-20/h4-12,14-15H,3,13H2,1-2H3. The second kappa shape index (κ2) is 7.27. The van der Waals surface area contributed by atoms with Crippen molar-refractivity contribution in [1.29, 1.82) is 0 Å². The van der Waals surface area contributed by atoms with Crippen LogP contribution in [0.3, 0.4) is 0 Å². The molecule has 0 radical (unpaired) electrons. The van der Waals surface area contributed by atoms with Gasteiger partial charge in [-0.15, -0.1) is 0 Å². The van der Waals surface area contributed by atoms with Gasteiger partial charge >= 0.3 is 0 Å². The number of ketones is 1. The van der Waals surface area contributed by atoms with Crippen molar-refractivity contribution in [3.63, 3.8) is 0 Å². The smallest absolute Gasteiger partial charge is 0.263 e. The quantitative estimate of drug-likeness (QED) is 0.503. The largest absolute Gasteiger partial charge is 0.294 e. The van der Waals surface area contributed by atoms with E-state index in [4.69, 9.17) is 0 Å². The Morgan fingerprint density at radius 1 is 1.07 bits per heavy atom. The molecule has 140 valence electrons. The van der Waals surface area contributed by atoms with Crippen LogP contribution in [0.5, 0.6) is 0 Å². The number of rotatable bonds is 5. The van der Waals surface area contributed by atoms with Crippen molar-refractivity contribution in [2.75, 3.05) is 0 Å². The summed E-state index contributed by atoms with van der Waals surface area (Å²) in [5, 5.41) is 5.53. The maximum atomic E-state index is 13.5. The molecule has 0 saturated heterocycles. The van der Waals surface area contributed by atoms with Crippen LogP contribution >= 0.6 is 0 Å². The van der Waals surface area contributed by atoms with E-state index in [2.05, 4.69) is 5.10 Å². The van der Waals surface area contributed by atoms with Crippen molar-refractivity contribution >= 4 is 16.6 Å². The molecule has 0 fully saturated rings. The van der Waals surface area contributed by atoms with Crippen LogP contribution in [-0.4, -0.2) is 20.1 Å². The van der Waals surface area contributed by atoms with Crippen molar-refractivity contribution < 1.29 is 4.79 Å². The zero-order chi connectivity index (χ0) is 19.7. The van der Waals surface area contributed by atoms with Crippen molar-refractivity contribution in [3.8, 4) is 5.69 Å². The topological polar surface area (TPSA) is 56.9 Å². The molecule has 5 heteroatoms. The Morgan fingerprint density at radius 2 is 1.86 bits per heavy atom. The summed E-state index contributed by atoms with van der Waals surface area (Å²) in [7, 11) is 1.78. The van der Waals surface area contributed by atoms with Gasteiger partial charge in [-0.2, -0.15) is 5.10 Å². The van der Waals surface area contributed by atoms with Gasteiger partial charge < -0.3 is 0 Å². The van der Waals surface area contributed by atoms with E-state index in [1.807, 2.05) is 61.5 Å². The first-order valence-corrected chi connectivity index (χ1v) is 9.32. The SMILES string of the molecule is CCc1cc2cccc(CC(=O)c3cnn(C)c3)c2c(=O)n1-c1ccccc1. The van der Waals surface area contributed by atoms with Gasteiger partial charge in [-0.05, 0) is 35.6 Å². The van der Waals surface area contributed by atoms with E-state index in [1.54, 1.807) is 28.7 Å². The van der Waals surface area contributed by atoms with Gasteiger partial charge in [-0.3, -0.25) is 18.8 Å². The Bertz CT molecular complexity index is 1220. The number of aromatic nitrogens is 3. The maximum absolute atomic E-state index is 13.5. The minimum atomic E-state index is -0.0878. The average molecular weight is 371 g/mol. The zero-order valence-corrected chi connectivity index (χ0v) is 15.9. The van der Waals surface area contributed by atoms with Crippen molar-refractivity contribution in [2.24, 2.45) is 7.05 Å². The molecule has 0 atom stereocenters. The molecule has 0 aliphatic heterocycles. The predicted octanol–water partition coefficient (Wildman–Crippen LogP) is 3.71. The van der Waals surface area contributed by atoms with Crippen LogP contribution in [0.2, 0.25) is 0 Å². The molecule has 0 bridgehead atoms. The minimum Gasteiger partial charge on any atom is -0.294 e. The van der Waals surface area contributed by atoms with Crippen molar-refractivity contribution in [1.82, 2.24) is 14.3 Å². The zero-order valence-electron chi connectivity index (χ0n) is 15.9. The molecular formula is C23H21N3O2. The molecule has 2 aromatic carbocycles. The fourth-order valence-electron chi connectivity index (χ4n) is 3.60. The van der Waals surface area contributed by atoms with Gasteiger partial charge in [0.15, 0.2) is 5.78 Å². The summed E-state index contributed by atoms with van der Waals surface area (Å²) in [6, 6.07) is 17.4. The van der Waals surface area contributed by atoms with Gasteiger partial charge in [0.2, 0.25) is 0 Å². The van der Waals surface area contributed by atoms with E-state index in [0.29, 0.717) is 10.9 Å². The highest BCUT2D eigenvalue weighted by atomic mass is 16.1. The highest BCUT2D eigenvalue weighted by Gasteiger charge is 2.16. The summed E-state index contributed by atoms with van der Waals surface area (Å²) < 4.78 is 3.35. The monoisotopic (exact) mass is 371 g/mol. The molecule has 0 aliphatic rings. The summed E-state index contributed by atoms with van der Waals surface area (Å²) in [5.74, 6) is -0.0502. The van der Waals surface area contributed by atoms with Gasteiger partial charge in [-0.25, -0.2) is 0 Å². The Hall–Kier alpha value is -3.47. The Balaban J connectivity index is 1.89. The third-order valence-corrected chi connectivity index (χ3v) is 4.96. The number of carbonyl (C=O) groups excluding carboxylic acids is 1. The van der Waals surface area contributed by atoms with Crippen LogP contribution < -0.4 is 5.56 Å². The van der Waals surface area contributed by atoms with Crippen molar-refractivity contribution in [2.45, 2.75) is 19.8 Å². The van der Waals surface area contributed by atoms with Gasteiger partial charge in [0.1, 0.15) is 0 Å². The fraction of sp³-hybridized carbons (Fsp3) is 0.174. The second-order valence-corrected chi connectivity index (χ2v) is 6.85. The number of para-hydroxylation sites is 1. The molecule has 2 aromatic heterocycles. The maximum Gasteiger partial charge on any atom is 0.263 e. The van der Waals surface area contributed by atoms with E-state index < -0.39 is 0 Å². The Kier molecular flexibility index (Phi) is 4.65. The summed E-state index contributed by atoms with van der Waals surface area (Å²) >= 11 is 0. The summed E-state index contributed by atoms with van der Waals surface area (Å²) in [4.78, 5) is 26.2. The number of fused-ring (bicyclic) bond motifs is 1. The molecule has 0 N–H and O–H groups in total. The number of nitrogens with zero attached hydrogens (tertiary/aromatic N) is 3. The van der Waals surface area contributed by atoms with Crippen LogP contribution in [0.15, 0.2) is 71.8 Å². The van der Waals surface area contributed by atoms with Gasteiger partial charge in [-0.1, -0.05) is 43.3 Å². The number of pyridine rings is 1. The van der Waals surface area contributed by atoms with Crippen LogP contribution in [0.4, 0.5) is 0 Å². The van der Waals surface area contributed by atoms with Crippen molar-refractivity contribution in [3.05, 3.63) is 94.2 Å². The second-order valence-electron chi connectivity index (χ2n) is 6.85. The third kappa shape index (κ3) is 3.16. The van der Waals surface area contributed by atoms with E-state index in [1.165, 1.54) is 0 Å². The van der Waals surface area contributed by atoms with E-state index in [9.17, 15) is 9.59 Å². The molecule has 5 nitrogen and oxygen atoms in total. The normalized spacial score (nSPS) is 11.1. The number of hydrogen-bond acceptors (Lipinski definition) is 3. The molecule has 0 amide bonds. The molecular weight excluding hydrogens is 350 g/mol. The third-order valence-electron chi connectivity index (χ3n) is 4.96. The van der Waals surface area contributed by atoms with Crippen LogP contribution in [-0.2, 0) is 19.9 Å². The summed E-state index contributed by atoms with van der Waals surface area (Å²) in [6.45, 7) is 2.04. The number of carbonyl (C=O) groups is 1. The fourth-order valence-corrected chi connectivity index (χ4v) is 3.60. The highest BCUT2D eigenvalue weighted by Crippen LogP contribution is 2.21. The first kappa shape index (κ1) is 17.9. The van der Waals surface area contributed by atoms with Gasteiger partial charge in [0.25, 0.3) is 5.56 Å². The molecule has 4 aromatic rings. The predicted molar refractivity (Wildman–Crippen MR) is 110 cm³/mol. The molecule has 0 saturated carbocycles. The summed E-state index contributed by atoms with van der Waals surface area (Å²) in [5.41, 5.74) is 2.98. The average Bonchev–Trinajstić information content (AvgIpc) is 3.15. The van der Waals surface area contributed by atoms with Gasteiger partial charge in [0, 0.05) is 31.0 Å². The highest BCUT2D eigenvalue weighted by molar-refractivity contribution is 5.99. The first-order valence-electron chi connectivity index (χ1n) is 9.32. The molecule has 28 heavy (non-hydrogen) atoms.